The van der Waals surface area contributed by atoms with E-state index >= 15 is 0 Å². The summed E-state index contributed by atoms with van der Waals surface area (Å²) in [5.74, 6) is 0.590. The number of pyridine rings is 1. The molecule has 1 heterocycles. The Morgan fingerprint density at radius 2 is 2.25 bits per heavy atom. The van der Waals surface area contributed by atoms with E-state index in [0.29, 0.717) is 18.1 Å². The average Bonchev–Trinajstić information content (AvgIpc) is 2.28. The number of aliphatic hydroxyl groups is 1. The van der Waals surface area contributed by atoms with Crippen LogP contribution >= 0.6 is 0 Å². The van der Waals surface area contributed by atoms with Gasteiger partial charge in [-0.1, -0.05) is 13.8 Å². The van der Waals surface area contributed by atoms with E-state index in [2.05, 4.69) is 10.3 Å². The molecule has 86 valence electrons. The molecular formula is C11H16N4O. The Hall–Kier alpha value is -1.80. The monoisotopic (exact) mass is 220 g/mol. The Balaban J connectivity index is 2.73. The summed E-state index contributed by atoms with van der Waals surface area (Å²) < 4.78 is 0. The van der Waals surface area contributed by atoms with Gasteiger partial charge in [0, 0.05) is 18.6 Å². The minimum atomic E-state index is -0.226. The molecule has 0 saturated carbocycles. The molecule has 0 saturated heterocycles. The minimum Gasteiger partial charge on any atom is -0.396 e. The van der Waals surface area contributed by atoms with Crippen LogP contribution in [0.4, 0.5) is 11.5 Å². The first-order valence-electron chi connectivity index (χ1n) is 5.00. The van der Waals surface area contributed by atoms with Gasteiger partial charge >= 0.3 is 0 Å². The van der Waals surface area contributed by atoms with Crippen molar-refractivity contribution in [2.24, 2.45) is 5.41 Å². The van der Waals surface area contributed by atoms with Crippen molar-refractivity contribution >= 4 is 11.5 Å². The highest BCUT2D eigenvalue weighted by molar-refractivity contribution is 5.54. The number of nitrogens with one attached hydrogen (secondary N) is 1. The number of nitrogens with two attached hydrogens (primary N) is 1. The van der Waals surface area contributed by atoms with E-state index in [1.807, 2.05) is 19.9 Å². The smallest absolute Gasteiger partial charge is 0.165 e. The van der Waals surface area contributed by atoms with Crippen molar-refractivity contribution in [2.75, 3.05) is 24.2 Å². The van der Waals surface area contributed by atoms with E-state index < -0.39 is 0 Å². The Morgan fingerprint density at radius 3 is 2.81 bits per heavy atom. The number of nitrogen functional groups attached to an aromatic ring is 1. The number of nitriles is 1. The van der Waals surface area contributed by atoms with Gasteiger partial charge in [-0.25, -0.2) is 4.98 Å². The third-order valence-electron chi connectivity index (χ3n) is 2.21. The van der Waals surface area contributed by atoms with Gasteiger partial charge in [-0.2, -0.15) is 5.26 Å². The van der Waals surface area contributed by atoms with E-state index in [0.717, 1.165) is 0 Å². The van der Waals surface area contributed by atoms with Crippen molar-refractivity contribution in [2.45, 2.75) is 13.8 Å². The van der Waals surface area contributed by atoms with E-state index in [1.54, 1.807) is 12.1 Å². The zero-order valence-electron chi connectivity index (χ0n) is 9.49. The Kier molecular flexibility index (Phi) is 3.69. The fraction of sp³-hybridized carbons (Fsp3) is 0.455. The second kappa shape index (κ2) is 4.81. The molecule has 0 bridgehead atoms. The summed E-state index contributed by atoms with van der Waals surface area (Å²) >= 11 is 0. The molecule has 0 amide bonds. The first kappa shape index (κ1) is 12.3. The van der Waals surface area contributed by atoms with Crippen LogP contribution in [0.25, 0.3) is 0 Å². The van der Waals surface area contributed by atoms with E-state index in [1.165, 1.54) is 0 Å². The molecule has 1 rings (SSSR count). The summed E-state index contributed by atoms with van der Waals surface area (Å²) in [6.45, 7) is 4.52. The Morgan fingerprint density at radius 1 is 1.56 bits per heavy atom. The summed E-state index contributed by atoms with van der Waals surface area (Å²) in [5, 5.41) is 20.9. The molecule has 0 fully saturated rings. The number of anilines is 2. The van der Waals surface area contributed by atoms with E-state index in [-0.39, 0.29) is 17.7 Å². The third kappa shape index (κ3) is 3.11. The molecule has 1 aromatic rings. The van der Waals surface area contributed by atoms with Crippen LogP contribution in [-0.4, -0.2) is 23.2 Å². The predicted molar refractivity (Wildman–Crippen MR) is 62.7 cm³/mol. The highest BCUT2D eigenvalue weighted by Crippen LogP contribution is 2.16. The first-order chi connectivity index (χ1) is 7.48. The van der Waals surface area contributed by atoms with Crippen LogP contribution < -0.4 is 11.1 Å². The predicted octanol–water partition coefficient (Wildman–Crippen LogP) is 0.966. The van der Waals surface area contributed by atoms with E-state index in [9.17, 15) is 0 Å². The van der Waals surface area contributed by atoms with Gasteiger partial charge < -0.3 is 16.2 Å². The topological polar surface area (TPSA) is 95.0 Å². The molecule has 5 nitrogen and oxygen atoms in total. The van der Waals surface area contributed by atoms with Crippen LogP contribution in [0.2, 0.25) is 0 Å². The molecule has 16 heavy (non-hydrogen) atoms. The number of aliphatic hydroxyl groups excluding tert-OH is 1. The highest BCUT2D eigenvalue weighted by atomic mass is 16.3. The maximum atomic E-state index is 9.08. The summed E-state index contributed by atoms with van der Waals surface area (Å²) in [7, 11) is 0. The fourth-order valence-corrected chi connectivity index (χ4v) is 1.04. The number of nitrogens with zero attached hydrogens (tertiary/aromatic N) is 2. The standard InChI is InChI=1S/C11H16N4O/c1-11(2,7-16)6-14-10-4-3-8(13)9(5-12)15-10/h3-4,16H,6-7,13H2,1-2H3,(H,14,15). The lowest BCUT2D eigenvalue weighted by molar-refractivity contribution is 0.170. The molecule has 4 N–H and O–H groups in total. The average molecular weight is 220 g/mol. The van der Waals surface area contributed by atoms with Gasteiger partial charge in [-0.15, -0.1) is 0 Å². The van der Waals surface area contributed by atoms with Crippen LogP contribution in [-0.2, 0) is 0 Å². The number of rotatable bonds is 4. The molecule has 0 atom stereocenters. The maximum absolute atomic E-state index is 9.08. The third-order valence-corrected chi connectivity index (χ3v) is 2.21. The second-order valence-corrected chi connectivity index (χ2v) is 4.42. The van der Waals surface area contributed by atoms with Gasteiger partial charge in [-0.3, -0.25) is 0 Å². The molecule has 0 unspecified atom stereocenters. The van der Waals surface area contributed by atoms with Crippen molar-refractivity contribution in [3.8, 4) is 6.07 Å². The lowest BCUT2D eigenvalue weighted by atomic mass is 9.95. The Bertz CT molecular complexity index is 409. The lowest BCUT2D eigenvalue weighted by Gasteiger charge is -2.22. The summed E-state index contributed by atoms with van der Waals surface area (Å²) in [6.07, 6.45) is 0. The van der Waals surface area contributed by atoms with Crippen LogP contribution in [0.1, 0.15) is 19.5 Å². The molecule has 5 heteroatoms. The molecular weight excluding hydrogens is 204 g/mol. The van der Waals surface area contributed by atoms with Gasteiger partial charge in [0.2, 0.25) is 0 Å². The van der Waals surface area contributed by atoms with Crippen molar-refractivity contribution in [1.29, 1.82) is 5.26 Å². The van der Waals surface area contributed by atoms with Crippen LogP contribution in [0.3, 0.4) is 0 Å². The van der Waals surface area contributed by atoms with E-state index in [4.69, 9.17) is 16.1 Å². The van der Waals surface area contributed by atoms with Crippen LogP contribution in [0, 0.1) is 16.7 Å². The van der Waals surface area contributed by atoms with Gasteiger partial charge in [0.05, 0.1) is 5.69 Å². The van der Waals surface area contributed by atoms with Gasteiger partial charge in [0.15, 0.2) is 5.69 Å². The molecule has 0 aliphatic rings. The summed E-state index contributed by atoms with van der Waals surface area (Å²) in [5.41, 5.74) is 5.91. The second-order valence-electron chi connectivity index (χ2n) is 4.42. The number of hydrogen-bond donors (Lipinski definition) is 3. The maximum Gasteiger partial charge on any atom is 0.165 e. The summed E-state index contributed by atoms with van der Waals surface area (Å²) in [6, 6.07) is 5.27. The lowest BCUT2D eigenvalue weighted by Crippen LogP contribution is -2.27. The van der Waals surface area contributed by atoms with Gasteiger partial charge in [0.25, 0.3) is 0 Å². The zero-order chi connectivity index (χ0) is 12.2. The normalized spacial score (nSPS) is 10.9. The molecule has 0 aliphatic heterocycles. The highest BCUT2D eigenvalue weighted by Gasteiger charge is 2.16. The van der Waals surface area contributed by atoms with Crippen molar-refractivity contribution in [1.82, 2.24) is 4.98 Å². The first-order valence-corrected chi connectivity index (χ1v) is 5.00. The van der Waals surface area contributed by atoms with Gasteiger partial charge in [-0.05, 0) is 12.1 Å². The molecule has 0 spiro atoms. The summed E-state index contributed by atoms with van der Waals surface area (Å²) in [4.78, 5) is 4.05. The molecule has 0 radical (unpaired) electrons. The molecule has 1 aromatic heterocycles. The van der Waals surface area contributed by atoms with Gasteiger partial charge in [0.1, 0.15) is 11.9 Å². The fourth-order valence-electron chi connectivity index (χ4n) is 1.04. The minimum absolute atomic E-state index is 0.0834. The largest absolute Gasteiger partial charge is 0.396 e. The molecule has 0 aromatic carbocycles. The zero-order valence-corrected chi connectivity index (χ0v) is 9.49. The van der Waals surface area contributed by atoms with Crippen molar-refractivity contribution in [3.05, 3.63) is 17.8 Å². The van der Waals surface area contributed by atoms with Crippen LogP contribution in [0.15, 0.2) is 12.1 Å². The Labute approximate surface area is 94.9 Å². The molecule has 0 aliphatic carbocycles. The van der Waals surface area contributed by atoms with Crippen LogP contribution in [0.5, 0.6) is 0 Å². The van der Waals surface area contributed by atoms with Crippen molar-refractivity contribution < 1.29 is 5.11 Å². The van der Waals surface area contributed by atoms with Crippen molar-refractivity contribution in [3.63, 3.8) is 0 Å². The quantitative estimate of drug-likeness (QED) is 0.702. The number of aromatic nitrogens is 1. The SMILES string of the molecule is CC(C)(CO)CNc1ccc(N)c(C#N)n1. The number of hydrogen-bond acceptors (Lipinski definition) is 5.